The summed E-state index contributed by atoms with van der Waals surface area (Å²) in [5.74, 6) is 0. The highest BCUT2D eigenvalue weighted by Gasteiger charge is 2.24. The van der Waals surface area contributed by atoms with Crippen LogP contribution in [-0.2, 0) is 12.8 Å². The molecule has 10 aromatic carbocycles. The van der Waals surface area contributed by atoms with Crippen LogP contribution in [0.2, 0.25) is 0 Å². The van der Waals surface area contributed by atoms with Crippen molar-refractivity contribution in [1.82, 2.24) is 0 Å². The number of rotatable bonds is 6. The van der Waals surface area contributed by atoms with E-state index in [1.165, 1.54) is 88.2 Å². The summed E-state index contributed by atoms with van der Waals surface area (Å²) >= 11 is 0. The van der Waals surface area contributed by atoms with Crippen molar-refractivity contribution in [3.8, 4) is 22.3 Å². The largest absolute Gasteiger partial charge is 0.310 e. The number of nitrogens with zero attached hydrogens (tertiary/aromatic N) is 2. The van der Waals surface area contributed by atoms with Gasteiger partial charge in [-0.05, 0) is 162 Å². The van der Waals surface area contributed by atoms with Crippen LogP contribution in [0, 0.1) is 0 Å². The Kier molecular flexibility index (Phi) is 6.79. The Morgan fingerprint density at radius 3 is 1.02 bits per heavy atom. The first-order valence-corrected chi connectivity index (χ1v) is 19.6. The van der Waals surface area contributed by atoms with Gasteiger partial charge in [0.05, 0.1) is 0 Å². The van der Waals surface area contributed by atoms with Crippen LogP contribution in [0.3, 0.4) is 0 Å². The molecule has 0 unspecified atom stereocenters. The lowest BCUT2D eigenvalue weighted by molar-refractivity contribution is 1.25. The van der Waals surface area contributed by atoms with Crippen molar-refractivity contribution in [3.05, 3.63) is 216 Å². The Bertz CT molecular complexity index is 2860. The van der Waals surface area contributed by atoms with Gasteiger partial charge in [-0.25, -0.2) is 0 Å². The SMILES string of the molecule is c1ccc(N(c2ccc3c(c2)-c2ccccc2C3)c2cc3ccc4cc(N(c5ccccc5)c5ccc6c(c5)-c5ccccc5C6)cc5ccc(c2)c3c45)cc1. The van der Waals surface area contributed by atoms with Crippen LogP contribution in [0.5, 0.6) is 0 Å². The highest BCUT2D eigenvalue weighted by atomic mass is 15.1. The highest BCUT2D eigenvalue weighted by Crippen LogP contribution is 2.47. The maximum absolute atomic E-state index is 2.42. The predicted molar refractivity (Wildman–Crippen MR) is 236 cm³/mol. The van der Waals surface area contributed by atoms with Gasteiger partial charge in [0, 0.05) is 34.1 Å². The third-order valence-electron chi connectivity index (χ3n) is 12.1. The van der Waals surface area contributed by atoms with Gasteiger partial charge >= 0.3 is 0 Å². The van der Waals surface area contributed by atoms with Crippen LogP contribution >= 0.6 is 0 Å². The second kappa shape index (κ2) is 12.2. The Balaban J connectivity index is 1.00. The Hall–Kier alpha value is -7.16. The van der Waals surface area contributed by atoms with Crippen molar-refractivity contribution in [2.24, 2.45) is 0 Å². The highest BCUT2D eigenvalue weighted by molar-refractivity contribution is 6.24. The Labute approximate surface area is 326 Å². The summed E-state index contributed by atoms with van der Waals surface area (Å²) in [5.41, 5.74) is 17.9. The molecule has 0 radical (unpaired) electrons. The van der Waals surface area contributed by atoms with Crippen molar-refractivity contribution in [3.63, 3.8) is 0 Å². The monoisotopic (exact) mass is 712 g/mol. The minimum atomic E-state index is 0.990. The lowest BCUT2D eigenvalue weighted by Crippen LogP contribution is -2.10. The molecule has 10 aromatic rings. The van der Waals surface area contributed by atoms with Crippen LogP contribution in [0.1, 0.15) is 22.3 Å². The molecule has 12 rings (SSSR count). The van der Waals surface area contributed by atoms with E-state index in [4.69, 9.17) is 0 Å². The number of fused-ring (bicyclic) bond motifs is 6. The smallest absolute Gasteiger partial charge is 0.0473 e. The topological polar surface area (TPSA) is 6.48 Å². The summed E-state index contributed by atoms with van der Waals surface area (Å²) in [6.45, 7) is 0. The molecule has 0 atom stereocenters. The van der Waals surface area contributed by atoms with Gasteiger partial charge in [-0.15, -0.1) is 0 Å². The summed E-state index contributed by atoms with van der Waals surface area (Å²) in [5, 5.41) is 7.60. The van der Waals surface area contributed by atoms with E-state index in [9.17, 15) is 0 Å². The number of hydrogen-bond donors (Lipinski definition) is 0. The first kappa shape index (κ1) is 31.2. The predicted octanol–water partition coefficient (Wildman–Crippen LogP) is 14.7. The van der Waals surface area contributed by atoms with Gasteiger partial charge in [-0.1, -0.05) is 121 Å². The normalized spacial score (nSPS) is 12.5. The first-order chi connectivity index (χ1) is 27.7. The number of hydrogen-bond acceptors (Lipinski definition) is 2. The summed E-state index contributed by atoms with van der Waals surface area (Å²) in [6.07, 6.45) is 1.98. The van der Waals surface area contributed by atoms with Crippen LogP contribution in [-0.4, -0.2) is 0 Å². The van der Waals surface area contributed by atoms with Gasteiger partial charge < -0.3 is 9.80 Å². The standard InChI is InChI=1S/C54H36N2/c1-3-13-43(14-4-1)55(45-25-23-37-27-35-11-7-9-17-49(35)51(37)33-45)47-29-39-19-21-41-31-48(32-42-22-20-40(30-47)53(39)54(41)42)56(44-15-5-2-6-16-44)46-26-24-38-28-36-12-8-10-18-50(36)52(38)34-46/h1-26,29-34H,27-28H2. The molecule has 0 aliphatic heterocycles. The van der Waals surface area contributed by atoms with E-state index < -0.39 is 0 Å². The van der Waals surface area contributed by atoms with Gasteiger partial charge in [0.2, 0.25) is 0 Å². The molecule has 0 amide bonds. The molecule has 56 heavy (non-hydrogen) atoms. The van der Waals surface area contributed by atoms with Crippen molar-refractivity contribution in [2.45, 2.75) is 12.8 Å². The van der Waals surface area contributed by atoms with Crippen molar-refractivity contribution < 1.29 is 0 Å². The van der Waals surface area contributed by atoms with Gasteiger partial charge in [-0.2, -0.15) is 0 Å². The fourth-order valence-electron chi connectivity index (χ4n) is 9.61. The fraction of sp³-hybridized carbons (Fsp3) is 0.0370. The number of para-hydroxylation sites is 2. The Morgan fingerprint density at radius 2 is 0.607 bits per heavy atom. The molecule has 2 aliphatic carbocycles. The van der Waals surface area contributed by atoms with Gasteiger partial charge in [0.15, 0.2) is 0 Å². The molecule has 0 aromatic heterocycles. The lowest BCUT2D eigenvalue weighted by Gasteiger charge is -2.28. The molecule has 2 aliphatic rings. The van der Waals surface area contributed by atoms with Crippen molar-refractivity contribution in [1.29, 1.82) is 0 Å². The van der Waals surface area contributed by atoms with E-state index in [0.29, 0.717) is 0 Å². The van der Waals surface area contributed by atoms with Crippen LogP contribution in [0.15, 0.2) is 194 Å². The molecule has 0 N–H and O–H groups in total. The maximum atomic E-state index is 2.42. The van der Waals surface area contributed by atoms with E-state index in [1.807, 2.05) is 0 Å². The molecule has 262 valence electrons. The molecule has 0 fully saturated rings. The van der Waals surface area contributed by atoms with Crippen LogP contribution < -0.4 is 9.80 Å². The number of anilines is 6. The van der Waals surface area contributed by atoms with E-state index in [-0.39, 0.29) is 0 Å². The lowest BCUT2D eigenvalue weighted by atomic mass is 9.92. The summed E-state index contributed by atoms with van der Waals surface area (Å²) in [4.78, 5) is 4.83. The van der Waals surface area contributed by atoms with Gasteiger partial charge in [-0.3, -0.25) is 0 Å². The quantitative estimate of drug-likeness (QED) is 0.158. The second-order valence-corrected chi connectivity index (χ2v) is 15.4. The molecule has 2 nitrogen and oxygen atoms in total. The van der Waals surface area contributed by atoms with E-state index in [2.05, 4.69) is 204 Å². The van der Waals surface area contributed by atoms with E-state index in [0.717, 1.165) is 35.6 Å². The zero-order valence-electron chi connectivity index (χ0n) is 30.8. The van der Waals surface area contributed by atoms with Crippen molar-refractivity contribution >= 4 is 66.4 Å². The molecule has 0 heterocycles. The average molecular weight is 713 g/mol. The third kappa shape index (κ3) is 4.82. The molecule has 2 heteroatoms. The molecular weight excluding hydrogens is 677 g/mol. The zero-order chi connectivity index (χ0) is 36.7. The minimum absolute atomic E-state index is 0.990. The van der Waals surface area contributed by atoms with Crippen LogP contribution in [0.25, 0.3) is 54.6 Å². The fourth-order valence-corrected chi connectivity index (χ4v) is 9.61. The van der Waals surface area contributed by atoms with E-state index >= 15 is 0 Å². The van der Waals surface area contributed by atoms with E-state index in [1.54, 1.807) is 0 Å². The third-order valence-corrected chi connectivity index (χ3v) is 12.1. The summed E-state index contributed by atoms with van der Waals surface area (Å²) in [7, 11) is 0. The zero-order valence-corrected chi connectivity index (χ0v) is 30.8. The summed E-state index contributed by atoms with van der Waals surface area (Å²) in [6, 6.07) is 72.0. The molecule has 0 spiro atoms. The Morgan fingerprint density at radius 1 is 0.250 bits per heavy atom. The number of benzene rings is 10. The second-order valence-electron chi connectivity index (χ2n) is 15.4. The van der Waals surface area contributed by atoms with Crippen LogP contribution in [0.4, 0.5) is 34.1 Å². The molecule has 0 bridgehead atoms. The molecular formula is C54H36N2. The summed E-state index contributed by atoms with van der Waals surface area (Å²) < 4.78 is 0. The first-order valence-electron chi connectivity index (χ1n) is 19.6. The van der Waals surface area contributed by atoms with Crippen molar-refractivity contribution in [2.75, 3.05) is 9.80 Å². The average Bonchev–Trinajstić information content (AvgIpc) is 3.82. The van der Waals surface area contributed by atoms with Gasteiger partial charge in [0.25, 0.3) is 0 Å². The van der Waals surface area contributed by atoms with Gasteiger partial charge in [0.1, 0.15) is 0 Å². The minimum Gasteiger partial charge on any atom is -0.310 e. The maximum Gasteiger partial charge on any atom is 0.0473 e. The molecule has 0 saturated carbocycles. The molecule has 0 saturated heterocycles.